The van der Waals surface area contributed by atoms with Gasteiger partial charge in [-0.15, -0.1) is 0 Å². The summed E-state index contributed by atoms with van der Waals surface area (Å²) >= 11 is 0. The lowest BCUT2D eigenvalue weighted by atomic mass is 9.93. The van der Waals surface area contributed by atoms with Crippen LogP contribution < -0.4 is 5.43 Å². The number of hydrogen-bond donors (Lipinski definition) is 1. The van der Waals surface area contributed by atoms with Gasteiger partial charge in [-0.25, -0.2) is 14.2 Å². The number of hydrogen-bond acceptors (Lipinski definition) is 2. The van der Waals surface area contributed by atoms with E-state index in [9.17, 15) is 8.78 Å². The summed E-state index contributed by atoms with van der Waals surface area (Å²) in [6.45, 7) is 3.80. The summed E-state index contributed by atoms with van der Waals surface area (Å²) in [4.78, 5) is 0. The van der Waals surface area contributed by atoms with Crippen molar-refractivity contribution in [2.45, 2.75) is 19.8 Å². The van der Waals surface area contributed by atoms with Crippen molar-refractivity contribution in [1.29, 1.82) is 0 Å². The molecule has 1 aromatic rings. The smallest absolute Gasteiger partial charge is 0.133 e. The number of piperidine rings is 1. The predicted octanol–water partition coefficient (Wildman–Crippen LogP) is 2.93. The molecule has 4 heteroatoms. The largest absolute Gasteiger partial charge is 0.312 e. The van der Waals surface area contributed by atoms with Gasteiger partial charge < -0.3 is 5.01 Å². The molecule has 0 aliphatic carbocycles. The first-order chi connectivity index (χ1) is 8.65. The van der Waals surface area contributed by atoms with Crippen LogP contribution in [0, 0.1) is 17.6 Å². The highest BCUT2D eigenvalue weighted by atomic mass is 19.1. The molecule has 0 bridgehead atoms. The van der Waals surface area contributed by atoms with E-state index < -0.39 is 11.6 Å². The van der Waals surface area contributed by atoms with E-state index in [1.807, 2.05) is 0 Å². The van der Waals surface area contributed by atoms with Crippen LogP contribution >= 0.6 is 0 Å². The highest BCUT2D eigenvalue weighted by Crippen LogP contribution is 2.34. The quantitative estimate of drug-likeness (QED) is 0.824. The van der Waals surface area contributed by atoms with Crippen molar-refractivity contribution in [3.05, 3.63) is 41.1 Å². The van der Waals surface area contributed by atoms with Crippen LogP contribution in [0.5, 0.6) is 0 Å². The van der Waals surface area contributed by atoms with Crippen molar-refractivity contribution in [2.24, 2.45) is 5.92 Å². The van der Waals surface area contributed by atoms with Crippen molar-refractivity contribution in [3.63, 3.8) is 0 Å². The van der Waals surface area contributed by atoms with Gasteiger partial charge in [0.1, 0.15) is 11.6 Å². The second kappa shape index (κ2) is 4.35. The number of benzene rings is 1. The van der Waals surface area contributed by atoms with Gasteiger partial charge in [0.05, 0.1) is 0 Å². The monoisotopic (exact) mass is 250 g/mol. The first-order valence-corrected chi connectivity index (χ1v) is 6.33. The topological polar surface area (TPSA) is 15.3 Å². The Hall–Kier alpha value is -1.42. The van der Waals surface area contributed by atoms with E-state index in [0.29, 0.717) is 18.0 Å². The summed E-state index contributed by atoms with van der Waals surface area (Å²) in [5, 5.41) is 2.11. The average Bonchev–Trinajstić information content (AvgIpc) is 2.72. The molecule has 1 saturated heterocycles. The van der Waals surface area contributed by atoms with Gasteiger partial charge in [-0.05, 0) is 36.5 Å². The van der Waals surface area contributed by atoms with E-state index >= 15 is 0 Å². The van der Waals surface area contributed by atoms with E-state index in [1.54, 1.807) is 0 Å². The summed E-state index contributed by atoms with van der Waals surface area (Å²) in [5.41, 5.74) is 5.93. The fraction of sp³-hybridized carbons (Fsp3) is 0.429. The van der Waals surface area contributed by atoms with E-state index in [2.05, 4.69) is 17.4 Å². The standard InChI is InChI=1S/C14H16F2N2/c1-9-4-5-18-14(6-9)12(8-17-18)11-3-2-10(15)7-13(11)16/h2-3,7,9,17H,4-6,8H2,1H3. The van der Waals surface area contributed by atoms with Crippen LogP contribution in [-0.2, 0) is 0 Å². The first kappa shape index (κ1) is 11.7. The molecule has 1 unspecified atom stereocenters. The van der Waals surface area contributed by atoms with Crippen LogP contribution in [0.3, 0.4) is 0 Å². The highest BCUT2D eigenvalue weighted by Gasteiger charge is 2.29. The molecule has 1 atom stereocenters. The molecule has 2 aliphatic heterocycles. The maximum absolute atomic E-state index is 13.8. The van der Waals surface area contributed by atoms with E-state index in [-0.39, 0.29) is 0 Å². The molecule has 2 heterocycles. The second-order valence-electron chi connectivity index (χ2n) is 5.13. The number of hydrazine groups is 1. The zero-order valence-corrected chi connectivity index (χ0v) is 10.3. The minimum absolute atomic E-state index is 0.473. The van der Waals surface area contributed by atoms with Gasteiger partial charge in [0.25, 0.3) is 0 Å². The molecule has 2 nitrogen and oxygen atoms in total. The highest BCUT2D eigenvalue weighted by molar-refractivity contribution is 5.71. The van der Waals surface area contributed by atoms with E-state index in [4.69, 9.17) is 0 Å². The summed E-state index contributed by atoms with van der Waals surface area (Å²) in [6, 6.07) is 3.82. The lowest BCUT2D eigenvalue weighted by Crippen LogP contribution is -2.36. The Morgan fingerprint density at radius 2 is 2.17 bits per heavy atom. The molecular weight excluding hydrogens is 234 g/mol. The molecule has 0 aromatic heterocycles. The van der Waals surface area contributed by atoms with Gasteiger partial charge in [0.2, 0.25) is 0 Å². The lowest BCUT2D eigenvalue weighted by molar-refractivity contribution is 0.210. The van der Waals surface area contributed by atoms with Gasteiger partial charge in [-0.3, -0.25) is 0 Å². The van der Waals surface area contributed by atoms with Crippen LogP contribution in [0.15, 0.2) is 23.9 Å². The first-order valence-electron chi connectivity index (χ1n) is 6.33. The number of nitrogens with zero attached hydrogens (tertiary/aromatic N) is 1. The van der Waals surface area contributed by atoms with Gasteiger partial charge >= 0.3 is 0 Å². The molecule has 0 spiro atoms. The summed E-state index contributed by atoms with van der Waals surface area (Å²) in [5.74, 6) is -0.379. The van der Waals surface area contributed by atoms with E-state index in [1.165, 1.54) is 17.8 Å². The maximum Gasteiger partial charge on any atom is 0.133 e. The third-order valence-corrected chi connectivity index (χ3v) is 3.76. The maximum atomic E-state index is 13.8. The number of fused-ring (bicyclic) bond motifs is 1. The molecule has 2 aliphatic rings. The third-order valence-electron chi connectivity index (χ3n) is 3.76. The average molecular weight is 250 g/mol. The molecule has 0 amide bonds. The number of nitrogens with one attached hydrogen (secondary N) is 1. The van der Waals surface area contributed by atoms with Crippen LogP contribution in [0.25, 0.3) is 5.57 Å². The molecule has 18 heavy (non-hydrogen) atoms. The fourth-order valence-electron chi connectivity index (χ4n) is 2.75. The summed E-state index contributed by atoms with van der Waals surface area (Å²) < 4.78 is 26.8. The molecule has 1 N–H and O–H groups in total. The fourth-order valence-corrected chi connectivity index (χ4v) is 2.75. The Labute approximate surface area is 105 Å². The number of halogens is 2. The van der Waals surface area contributed by atoms with Crippen molar-refractivity contribution < 1.29 is 8.78 Å². The van der Waals surface area contributed by atoms with Gasteiger partial charge in [-0.1, -0.05) is 6.92 Å². The Kier molecular flexibility index (Phi) is 2.82. The normalized spacial score (nSPS) is 23.5. The van der Waals surface area contributed by atoms with Crippen molar-refractivity contribution >= 4 is 5.57 Å². The molecule has 1 aromatic carbocycles. The minimum atomic E-state index is -0.526. The Morgan fingerprint density at radius 1 is 1.33 bits per heavy atom. The summed E-state index contributed by atoms with van der Waals surface area (Å²) in [7, 11) is 0. The minimum Gasteiger partial charge on any atom is -0.312 e. The predicted molar refractivity (Wildman–Crippen MR) is 66.4 cm³/mol. The zero-order chi connectivity index (χ0) is 12.7. The van der Waals surface area contributed by atoms with Crippen molar-refractivity contribution in [1.82, 2.24) is 10.4 Å². The number of allylic oxidation sites excluding steroid dienone is 1. The van der Waals surface area contributed by atoms with Gasteiger partial charge in [0.15, 0.2) is 0 Å². The Bertz CT molecular complexity index is 511. The van der Waals surface area contributed by atoms with Crippen LogP contribution in [-0.4, -0.2) is 18.1 Å². The third kappa shape index (κ3) is 1.90. The van der Waals surface area contributed by atoms with E-state index in [0.717, 1.165) is 31.0 Å². The molecule has 0 saturated carbocycles. The molecule has 1 fully saturated rings. The number of rotatable bonds is 1. The van der Waals surface area contributed by atoms with Gasteiger partial charge in [-0.2, -0.15) is 0 Å². The molecular formula is C14H16F2N2. The molecule has 3 rings (SSSR count). The Balaban J connectivity index is 2.02. The second-order valence-corrected chi connectivity index (χ2v) is 5.13. The SMILES string of the molecule is CC1CCN2NCC(c3ccc(F)cc3F)=C2C1. The van der Waals surface area contributed by atoms with Crippen LogP contribution in [0.2, 0.25) is 0 Å². The van der Waals surface area contributed by atoms with Crippen LogP contribution in [0.4, 0.5) is 8.78 Å². The van der Waals surface area contributed by atoms with Gasteiger partial charge in [0, 0.05) is 30.4 Å². The lowest BCUT2D eigenvalue weighted by Gasteiger charge is -2.30. The summed E-state index contributed by atoms with van der Waals surface area (Å²) in [6.07, 6.45) is 2.11. The Morgan fingerprint density at radius 3 is 2.94 bits per heavy atom. The zero-order valence-electron chi connectivity index (χ0n) is 10.3. The van der Waals surface area contributed by atoms with Crippen molar-refractivity contribution in [2.75, 3.05) is 13.1 Å². The van der Waals surface area contributed by atoms with Crippen LogP contribution in [0.1, 0.15) is 25.3 Å². The molecule has 0 radical (unpaired) electrons. The molecule has 96 valence electrons. The van der Waals surface area contributed by atoms with Crippen molar-refractivity contribution in [3.8, 4) is 0 Å².